The molecule has 3 heterocycles. The summed E-state index contributed by atoms with van der Waals surface area (Å²) < 4.78 is 0. The summed E-state index contributed by atoms with van der Waals surface area (Å²) in [6.45, 7) is 5.52. The molecule has 1 aromatic rings. The highest BCUT2D eigenvalue weighted by molar-refractivity contribution is 5.93. The Hall–Kier alpha value is -1.50. The molecular formula is C14H21N5O. The van der Waals surface area contributed by atoms with Gasteiger partial charge in [0.2, 0.25) is 0 Å². The van der Waals surface area contributed by atoms with Crippen LogP contribution >= 0.6 is 0 Å². The first-order valence-electron chi connectivity index (χ1n) is 7.18. The van der Waals surface area contributed by atoms with Gasteiger partial charge in [-0.25, -0.2) is 5.84 Å². The van der Waals surface area contributed by atoms with Gasteiger partial charge in [0, 0.05) is 38.4 Å². The predicted molar refractivity (Wildman–Crippen MR) is 75.8 cm³/mol. The Kier molecular flexibility index (Phi) is 3.95. The normalized spacial score (nSPS) is 23.6. The van der Waals surface area contributed by atoms with Crippen molar-refractivity contribution >= 4 is 5.91 Å². The third-order valence-corrected chi connectivity index (χ3v) is 4.28. The SMILES string of the molecule is NNC(=O)c1ccc(CN2CCN3CCCC3C2)nc1. The number of pyridine rings is 1. The Balaban J connectivity index is 1.59. The number of fused-ring (bicyclic) bond motifs is 1. The van der Waals surface area contributed by atoms with Crippen molar-refractivity contribution in [1.82, 2.24) is 20.2 Å². The molecule has 0 aliphatic carbocycles. The molecule has 1 unspecified atom stereocenters. The second-order valence-electron chi connectivity index (χ2n) is 5.58. The highest BCUT2D eigenvalue weighted by Gasteiger charge is 2.30. The monoisotopic (exact) mass is 275 g/mol. The molecule has 1 atom stereocenters. The number of hydrogen-bond donors (Lipinski definition) is 2. The lowest BCUT2D eigenvalue weighted by Gasteiger charge is -2.37. The second-order valence-corrected chi connectivity index (χ2v) is 5.58. The molecule has 6 heteroatoms. The number of carbonyl (C=O) groups is 1. The Bertz CT molecular complexity index is 475. The smallest absolute Gasteiger partial charge is 0.266 e. The maximum atomic E-state index is 11.3. The molecule has 2 aliphatic heterocycles. The Morgan fingerprint density at radius 1 is 1.40 bits per heavy atom. The number of carbonyl (C=O) groups excluding carboxylic acids is 1. The summed E-state index contributed by atoms with van der Waals surface area (Å²) in [6, 6.07) is 4.41. The summed E-state index contributed by atoms with van der Waals surface area (Å²) in [5.74, 6) is 4.80. The summed E-state index contributed by atoms with van der Waals surface area (Å²) in [4.78, 5) is 20.8. The van der Waals surface area contributed by atoms with Gasteiger partial charge in [-0.2, -0.15) is 0 Å². The van der Waals surface area contributed by atoms with E-state index in [1.165, 1.54) is 25.9 Å². The van der Waals surface area contributed by atoms with E-state index in [9.17, 15) is 4.79 Å². The molecule has 3 rings (SSSR count). The molecule has 3 N–H and O–H groups in total. The quantitative estimate of drug-likeness (QED) is 0.460. The number of nitrogen functional groups attached to an aromatic ring is 1. The lowest BCUT2D eigenvalue weighted by Crippen LogP contribution is -2.49. The second kappa shape index (κ2) is 5.87. The van der Waals surface area contributed by atoms with E-state index in [2.05, 4.69) is 20.2 Å². The van der Waals surface area contributed by atoms with Crippen LogP contribution in [0.3, 0.4) is 0 Å². The van der Waals surface area contributed by atoms with Crippen molar-refractivity contribution < 1.29 is 4.79 Å². The first-order valence-corrected chi connectivity index (χ1v) is 7.18. The summed E-state index contributed by atoms with van der Waals surface area (Å²) in [6.07, 6.45) is 4.24. The van der Waals surface area contributed by atoms with E-state index < -0.39 is 0 Å². The van der Waals surface area contributed by atoms with Crippen LogP contribution in [0.15, 0.2) is 18.3 Å². The van der Waals surface area contributed by atoms with Gasteiger partial charge in [-0.3, -0.25) is 25.0 Å². The minimum atomic E-state index is -0.302. The predicted octanol–water partition coefficient (Wildman–Crippen LogP) is -0.0349. The minimum absolute atomic E-state index is 0.302. The average Bonchev–Trinajstić information content (AvgIpc) is 2.95. The van der Waals surface area contributed by atoms with Crippen LogP contribution in [0.4, 0.5) is 0 Å². The number of nitrogens with one attached hydrogen (secondary N) is 1. The van der Waals surface area contributed by atoms with E-state index in [0.717, 1.165) is 31.4 Å². The zero-order valence-electron chi connectivity index (χ0n) is 11.6. The lowest BCUT2D eigenvalue weighted by molar-refractivity contribution is 0.0952. The molecule has 0 aromatic carbocycles. The largest absolute Gasteiger partial charge is 0.298 e. The Morgan fingerprint density at radius 3 is 3.05 bits per heavy atom. The van der Waals surface area contributed by atoms with E-state index in [-0.39, 0.29) is 5.91 Å². The van der Waals surface area contributed by atoms with E-state index in [1.807, 2.05) is 6.07 Å². The van der Waals surface area contributed by atoms with Crippen LogP contribution in [0.2, 0.25) is 0 Å². The van der Waals surface area contributed by atoms with Crippen LogP contribution in [0.25, 0.3) is 0 Å². The van der Waals surface area contributed by atoms with E-state index in [1.54, 1.807) is 12.3 Å². The van der Waals surface area contributed by atoms with Crippen molar-refractivity contribution in [3.8, 4) is 0 Å². The number of amides is 1. The highest BCUT2D eigenvalue weighted by Crippen LogP contribution is 2.22. The van der Waals surface area contributed by atoms with Crippen LogP contribution in [0.1, 0.15) is 28.9 Å². The van der Waals surface area contributed by atoms with Crippen molar-refractivity contribution in [2.45, 2.75) is 25.4 Å². The molecule has 0 radical (unpaired) electrons. The van der Waals surface area contributed by atoms with Crippen molar-refractivity contribution in [2.75, 3.05) is 26.2 Å². The van der Waals surface area contributed by atoms with Gasteiger partial charge >= 0.3 is 0 Å². The molecule has 20 heavy (non-hydrogen) atoms. The van der Waals surface area contributed by atoms with Crippen LogP contribution in [-0.4, -0.2) is 52.9 Å². The maximum Gasteiger partial charge on any atom is 0.266 e. The van der Waals surface area contributed by atoms with Gasteiger partial charge < -0.3 is 0 Å². The van der Waals surface area contributed by atoms with E-state index in [4.69, 9.17) is 5.84 Å². The molecule has 2 aliphatic rings. The summed E-state index contributed by atoms with van der Waals surface area (Å²) >= 11 is 0. The van der Waals surface area contributed by atoms with Gasteiger partial charge in [-0.15, -0.1) is 0 Å². The van der Waals surface area contributed by atoms with Gasteiger partial charge in [0.1, 0.15) is 0 Å². The number of aromatic nitrogens is 1. The minimum Gasteiger partial charge on any atom is -0.298 e. The zero-order chi connectivity index (χ0) is 13.9. The number of hydrogen-bond acceptors (Lipinski definition) is 5. The van der Waals surface area contributed by atoms with Crippen molar-refractivity contribution in [3.63, 3.8) is 0 Å². The average molecular weight is 275 g/mol. The van der Waals surface area contributed by atoms with E-state index in [0.29, 0.717) is 5.56 Å². The van der Waals surface area contributed by atoms with Crippen LogP contribution in [0, 0.1) is 0 Å². The third-order valence-electron chi connectivity index (χ3n) is 4.28. The van der Waals surface area contributed by atoms with Gasteiger partial charge in [0.05, 0.1) is 11.3 Å². The van der Waals surface area contributed by atoms with Crippen molar-refractivity contribution in [2.24, 2.45) is 5.84 Å². The number of nitrogens with two attached hydrogens (primary N) is 1. The molecule has 1 aromatic heterocycles. The first kappa shape index (κ1) is 13.5. The fraction of sp³-hybridized carbons (Fsp3) is 0.571. The molecule has 2 saturated heterocycles. The van der Waals surface area contributed by atoms with Crippen LogP contribution in [0.5, 0.6) is 0 Å². The van der Waals surface area contributed by atoms with Gasteiger partial charge in [-0.1, -0.05) is 0 Å². The fourth-order valence-electron chi connectivity index (χ4n) is 3.16. The maximum absolute atomic E-state index is 11.3. The van der Waals surface area contributed by atoms with Crippen molar-refractivity contribution in [3.05, 3.63) is 29.6 Å². The number of piperazine rings is 1. The highest BCUT2D eigenvalue weighted by atomic mass is 16.2. The van der Waals surface area contributed by atoms with Crippen LogP contribution < -0.4 is 11.3 Å². The molecule has 2 fully saturated rings. The Labute approximate surface area is 118 Å². The summed E-state index contributed by atoms with van der Waals surface area (Å²) in [5, 5.41) is 0. The van der Waals surface area contributed by atoms with Gasteiger partial charge in [0.15, 0.2) is 0 Å². The summed E-state index contributed by atoms with van der Waals surface area (Å²) in [7, 11) is 0. The molecule has 108 valence electrons. The number of nitrogens with zero attached hydrogens (tertiary/aromatic N) is 3. The standard InChI is InChI=1S/C14H21N5O/c15-17-14(20)11-3-4-12(16-8-11)9-18-6-7-19-5-1-2-13(19)10-18/h3-4,8,13H,1-2,5-7,9-10,15H2,(H,17,20). The zero-order valence-corrected chi connectivity index (χ0v) is 11.6. The first-order chi connectivity index (χ1) is 9.76. The molecular weight excluding hydrogens is 254 g/mol. The molecule has 0 saturated carbocycles. The number of rotatable bonds is 3. The number of hydrazine groups is 1. The molecule has 1 amide bonds. The third kappa shape index (κ3) is 2.82. The van der Waals surface area contributed by atoms with Gasteiger partial charge in [0.25, 0.3) is 5.91 Å². The van der Waals surface area contributed by atoms with E-state index >= 15 is 0 Å². The van der Waals surface area contributed by atoms with Crippen molar-refractivity contribution in [1.29, 1.82) is 0 Å². The topological polar surface area (TPSA) is 74.5 Å². The molecule has 0 bridgehead atoms. The molecule has 0 spiro atoms. The lowest BCUT2D eigenvalue weighted by atomic mass is 10.1. The fourth-order valence-corrected chi connectivity index (χ4v) is 3.16. The molecule has 6 nitrogen and oxygen atoms in total. The summed E-state index contributed by atoms with van der Waals surface area (Å²) in [5.41, 5.74) is 3.61. The van der Waals surface area contributed by atoms with Crippen LogP contribution in [-0.2, 0) is 6.54 Å². The Morgan fingerprint density at radius 2 is 2.30 bits per heavy atom. The van der Waals surface area contributed by atoms with Gasteiger partial charge in [-0.05, 0) is 31.5 Å².